The molecule has 0 unspecified atom stereocenters. The predicted molar refractivity (Wildman–Crippen MR) is 70.8 cm³/mol. The molecule has 2 aromatic rings. The van der Waals surface area contributed by atoms with E-state index in [9.17, 15) is 23.1 Å². The van der Waals surface area contributed by atoms with Gasteiger partial charge in [0.25, 0.3) is 0 Å². The van der Waals surface area contributed by atoms with Crippen LogP contribution in [0.5, 0.6) is 11.5 Å². The van der Waals surface area contributed by atoms with Crippen LogP contribution >= 0.6 is 0 Å². The third-order valence-electron chi connectivity index (χ3n) is 2.92. The number of hydrogen-bond acceptors (Lipinski definition) is 3. The van der Waals surface area contributed by atoms with Crippen LogP contribution < -0.4 is 4.74 Å². The maximum atomic E-state index is 12.6. The van der Waals surface area contributed by atoms with Gasteiger partial charge in [-0.05, 0) is 24.3 Å². The Kier molecular flexibility index (Phi) is 4.25. The number of carboxylic acids is 1. The van der Waals surface area contributed by atoms with Gasteiger partial charge < -0.3 is 14.9 Å². The molecule has 22 heavy (non-hydrogen) atoms. The molecule has 0 fully saturated rings. The molecular weight excluding hydrogens is 301 g/mol. The third-order valence-corrected chi connectivity index (χ3v) is 2.92. The fourth-order valence-electron chi connectivity index (χ4n) is 1.81. The van der Waals surface area contributed by atoms with E-state index in [0.29, 0.717) is 6.07 Å². The topological polar surface area (TPSA) is 66.8 Å². The quantitative estimate of drug-likeness (QED) is 0.903. The van der Waals surface area contributed by atoms with E-state index in [4.69, 9.17) is 9.84 Å². The van der Waals surface area contributed by atoms with Crippen LogP contribution in [-0.4, -0.2) is 16.2 Å². The van der Waals surface area contributed by atoms with Gasteiger partial charge in [0, 0.05) is 5.56 Å². The van der Waals surface area contributed by atoms with E-state index in [2.05, 4.69) is 0 Å². The van der Waals surface area contributed by atoms with Crippen molar-refractivity contribution in [3.63, 3.8) is 0 Å². The second-order valence-corrected chi connectivity index (χ2v) is 4.43. The highest BCUT2D eigenvalue weighted by molar-refractivity contribution is 5.89. The number of benzene rings is 2. The number of hydrogen-bond donors (Lipinski definition) is 2. The molecule has 0 atom stereocenters. The minimum Gasteiger partial charge on any atom is -0.504 e. The normalized spacial score (nSPS) is 11.2. The number of halogens is 3. The number of phenolic OH excluding ortho intramolecular Hbond substituents is 1. The summed E-state index contributed by atoms with van der Waals surface area (Å²) in [7, 11) is 0. The zero-order valence-corrected chi connectivity index (χ0v) is 11.1. The van der Waals surface area contributed by atoms with E-state index < -0.39 is 23.3 Å². The summed E-state index contributed by atoms with van der Waals surface area (Å²) in [6.07, 6.45) is -4.62. The number of alkyl halides is 3. The minimum atomic E-state index is -4.62. The zero-order chi connectivity index (χ0) is 16.3. The van der Waals surface area contributed by atoms with Gasteiger partial charge in [0.15, 0.2) is 11.5 Å². The van der Waals surface area contributed by atoms with E-state index in [0.717, 1.165) is 12.1 Å². The maximum Gasteiger partial charge on any atom is 0.416 e. The Morgan fingerprint density at radius 1 is 1.14 bits per heavy atom. The van der Waals surface area contributed by atoms with Gasteiger partial charge in [-0.3, -0.25) is 0 Å². The number of ether oxygens (including phenoxy) is 1. The number of aromatic carboxylic acids is 1. The van der Waals surface area contributed by atoms with Gasteiger partial charge in [0.1, 0.15) is 6.61 Å². The summed E-state index contributed by atoms with van der Waals surface area (Å²) < 4.78 is 43.1. The number of carbonyl (C=O) groups is 1. The minimum absolute atomic E-state index is 0.0729. The van der Waals surface area contributed by atoms with E-state index in [-0.39, 0.29) is 23.7 Å². The van der Waals surface area contributed by atoms with Crippen LogP contribution in [0.3, 0.4) is 0 Å². The Morgan fingerprint density at radius 2 is 1.82 bits per heavy atom. The monoisotopic (exact) mass is 312 g/mol. The van der Waals surface area contributed by atoms with Gasteiger partial charge in [-0.15, -0.1) is 0 Å². The first-order valence-electron chi connectivity index (χ1n) is 6.13. The summed E-state index contributed by atoms with van der Waals surface area (Å²) in [5.41, 5.74) is -1.47. The summed E-state index contributed by atoms with van der Waals surface area (Å²) in [6.45, 7) is -0.280. The molecule has 2 aromatic carbocycles. The fourth-order valence-corrected chi connectivity index (χ4v) is 1.81. The maximum absolute atomic E-state index is 12.6. The molecule has 7 heteroatoms. The molecule has 0 heterocycles. The first-order valence-corrected chi connectivity index (χ1v) is 6.13. The second kappa shape index (κ2) is 5.97. The predicted octanol–water partition coefficient (Wildman–Crippen LogP) is 3.69. The van der Waals surface area contributed by atoms with Gasteiger partial charge in [0.2, 0.25) is 0 Å². The fraction of sp³-hybridized carbons (Fsp3) is 0.133. The Labute approximate surface area is 123 Å². The van der Waals surface area contributed by atoms with Crippen LogP contribution in [0, 0.1) is 0 Å². The van der Waals surface area contributed by atoms with Gasteiger partial charge in [-0.25, -0.2) is 4.79 Å². The molecule has 0 aliphatic carbocycles. The van der Waals surface area contributed by atoms with Crippen molar-refractivity contribution in [2.24, 2.45) is 0 Å². The third kappa shape index (κ3) is 3.49. The molecule has 0 saturated heterocycles. The second-order valence-electron chi connectivity index (χ2n) is 4.43. The standard InChI is InChI=1S/C15H11F3O4/c16-15(17,18)10-6-5-9(11(7-10)14(20)21)8-22-13-4-2-1-3-12(13)19/h1-7,19H,8H2,(H,20,21). The smallest absolute Gasteiger partial charge is 0.416 e. The number of phenols is 1. The molecule has 2 N–H and O–H groups in total. The van der Waals surface area contributed by atoms with Gasteiger partial charge in [-0.1, -0.05) is 18.2 Å². The summed E-state index contributed by atoms with van der Waals surface area (Å²) >= 11 is 0. The highest BCUT2D eigenvalue weighted by Crippen LogP contribution is 2.31. The van der Waals surface area contributed by atoms with Gasteiger partial charge in [0.05, 0.1) is 11.1 Å². The molecule has 0 aliphatic heterocycles. The molecule has 0 aromatic heterocycles. The molecule has 0 saturated carbocycles. The van der Waals surface area contributed by atoms with Crippen molar-refractivity contribution in [2.45, 2.75) is 12.8 Å². The Morgan fingerprint density at radius 3 is 2.41 bits per heavy atom. The molecule has 0 bridgehead atoms. The van der Waals surface area contributed by atoms with Crippen molar-refractivity contribution < 1.29 is 32.9 Å². The highest BCUT2D eigenvalue weighted by atomic mass is 19.4. The van der Waals surface area contributed by atoms with Crippen molar-refractivity contribution in [3.8, 4) is 11.5 Å². The van der Waals surface area contributed by atoms with E-state index >= 15 is 0 Å². The van der Waals surface area contributed by atoms with Crippen molar-refractivity contribution in [1.82, 2.24) is 0 Å². The first kappa shape index (κ1) is 15.7. The van der Waals surface area contributed by atoms with Crippen LogP contribution in [0.1, 0.15) is 21.5 Å². The van der Waals surface area contributed by atoms with Crippen LogP contribution in [0.15, 0.2) is 42.5 Å². The van der Waals surface area contributed by atoms with Crippen molar-refractivity contribution in [2.75, 3.05) is 0 Å². The molecule has 2 rings (SSSR count). The number of aromatic hydroxyl groups is 1. The van der Waals surface area contributed by atoms with Crippen molar-refractivity contribution in [3.05, 3.63) is 59.2 Å². The molecule has 0 spiro atoms. The average molecular weight is 312 g/mol. The number of carboxylic acid groups (broad SMARTS) is 1. The lowest BCUT2D eigenvalue weighted by atomic mass is 10.0. The molecule has 0 aliphatic rings. The Hall–Kier alpha value is -2.70. The van der Waals surface area contributed by atoms with Crippen molar-refractivity contribution in [1.29, 1.82) is 0 Å². The van der Waals surface area contributed by atoms with E-state index in [1.807, 2.05) is 0 Å². The van der Waals surface area contributed by atoms with Crippen LogP contribution in [0.25, 0.3) is 0 Å². The average Bonchev–Trinajstić information content (AvgIpc) is 2.45. The molecule has 116 valence electrons. The lowest BCUT2D eigenvalue weighted by molar-refractivity contribution is -0.137. The lowest BCUT2D eigenvalue weighted by Gasteiger charge is -2.12. The van der Waals surface area contributed by atoms with E-state index in [1.54, 1.807) is 12.1 Å². The molecule has 0 radical (unpaired) electrons. The Bertz CT molecular complexity index is 695. The van der Waals surface area contributed by atoms with E-state index in [1.165, 1.54) is 12.1 Å². The van der Waals surface area contributed by atoms with Gasteiger partial charge in [-0.2, -0.15) is 13.2 Å². The zero-order valence-electron chi connectivity index (χ0n) is 11.1. The van der Waals surface area contributed by atoms with Crippen LogP contribution in [-0.2, 0) is 12.8 Å². The summed E-state index contributed by atoms with van der Waals surface area (Å²) in [5, 5.41) is 18.6. The highest BCUT2D eigenvalue weighted by Gasteiger charge is 2.31. The summed E-state index contributed by atoms with van der Waals surface area (Å²) in [5.74, 6) is -1.52. The molecule has 0 amide bonds. The summed E-state index contributed by atoms with van der Waals surface area (Å²) in [6, 6.07) is 8.40. The SMILES string of the molecule is O=C(O)c1cc(C(F)(F)F)ccc1COc1ccccc1O. The first-order chi connectivity index (χ1) is 10.3. The lowest BCUT2D eigenvalue weighted by Crippen LogP contribution is -2.11. The number of rotatable bonds is 4. The van der Waals surface area contributed by atoms with Crippen LogP contribution in [0.4, 0.5) is 13.2 Å². The largest absolute Gasteiger partial charge is 0.504 e. The molecule has 4 nitrogen and oxygen atoms in total. The van der Waals surface area contributed by atoms with Gasteiger partial charge >= 0.3 is 12.1 Å². The Balaban J connectivity index is 2.27. The summed E-state index contributed by atoms with van der Waals surface area (Å²) in [4.78, 5) is 11.1. The van der Waals surface area contributed by atoms with Crippen molar-refractivity contribution >= 4 is 5.97 Å². The molecular formula is C15H11F3O4. The van der Waals surface area contributed by atoms with Crippen LogP contribution in [0.2, 0.25) is 0 Å². The number of para-hydroxylation sites is 2.